The summed E-state index contributed by atoms with van der Waals surface area (Å²) in [7, 11) is 2.97. The van der Waals surface area contributed by atoms with Gasteiger partial charge in [-0.2, -0.15) is 4.98 Å². The first-order chi connectivity index (χ1) is 14.7. The maximum Gasteiger partial charge on any atom is 0.322 e. The van der Waals surface area contributed by atoms with Crippen LogP contribution >= 0.6 is 0 Å². The van der Waals surface area contributed by atoms with Crippen molar-refractivity contribution in [2.75, 3.05) is 13.7 Å². The summed E-state index contributed by atoms with van der Waals surface area (Å²) in [4.78, 5) is 44.6. The molecule has 0 saturated carbocycles. The van der Waals surface area contributed by atoms with E-state index in [0.717, 1.165) is 0 Å². The third-order valence-corrected chi connectivity index (χ3v) is 4.82. The molecule has 3 rings (SSSR count). The summed E-state index contributed by atoms with van der Waals surface area (Å²) in [5, 5.41) is 22.4. The zero-order valence-electron chi connectivity index (χ0n) is 17.2. The molecule has 0 spiro atoms. The highest BCUT2D eigenvalue weighted by Gasteiger charge is 2.21. The minimum absolute atomic E-state index is 0.0741. The fourth-order valence-corrected chi connectivity index (χ4v) is 3.26. The summed E-state index contributed by atoms with van der Waals surface area (Å²) in [6, 6.07) is 1.60. The highest BCUT2D eigenvalue weighted by atomic mass is 16.5. The maximum atomic E-state index is 12.8. The smallest absolute Gasteiger partial charge is 0.322 e. The van der Waals surface area contributed by atoms with Gasteiger partial charge in [0, 0.05) is 30.1 Å². The van der Waals surface area contributed by atoms with Gasteiger partial charge in [-0.15, -0.1) is 0 Å². The van der Waals surface area contributed by atoms with E-state index >= 15 is 0 Å². The van der Waals surface area contributed by atoms with Crippen LogP contribution in [0.3, 0.4) is 0 Å². The predicted octanol–water partition coefficient (Wildman–Crippen LogP) is -0.612. The number of amides is 1. The quantitative estimate of drug-likeness (QED) is 0.574. The number of pyridine rings is 1. The number of methoxy groups -OCH3 is 1. The Morgan fingerprint density at radius 2 is 2.13 bits per heavy atom. The van der Waals surface area contributed by atoms with Gasteiger partial charge >= 0.3 is 5.97 Å². The Labute approximate surface area is 176 Å². The lowest BCUT2D eigenvalue weighted by Gasteiger charge is -2.14. The normalized spacial score (nSPS) is 16.4. The van der Waals surface area contributed by atoms with Crippen molar-refractivity contribution in [1.82, 2.24) is 19.9 Å². The zero-order valence-corrected chi connectivity index (χ0v) is 17.2. The number of carboxylic acids is 1. The zero-order chi connectivity index (χ0) is 22.7. The number of aliphatic carboxylic acids is 1. The number of ether oxygens (including phenoxy) is 1. The molecule has 2 aromatic heterocycles. The molecule has 3 N–H and O–H groups in total. The van der Waals surface area contributed by atoms with Gasteiger partial charge in [0.25, 0.3) is 11.5 Å². The molecule has 1 unspecified atom stereocenters. The van der Waals surface area contributed by atoms with Crippen molar-refractivity contribution in [3.05, 3.63) is 50.6 Å². The molecule has 10 nitrogen and oxygen atoms in total. The summed E-state index contributed by atoms with van der Waals surface area (Å²) in [5.74, 6) is -2.01. The Kier molecular flexibility index (Phi) is 6.19. The molecule has 0 fully saturated rings. The fraction of sp³-hybridized carbons (Fsp3) is 0.286. The van der Waals surface area contributed by atoms with Gasteiger partial charge in [0.1, 0.15) is 17.9 Å². The summed E-state index contributed by atoms with van der Waals surface area (Å²) in [6.45, 7) is 1.30. The summed E-state index contributed by atoms with van der Waals surface area (Å²) < 4.78 is 6.41. The van der Waals surface area contributed by atoms with E-state index in [0.29, 0.717) is 29.0 Å². The molecular weight excluding hydrogens is 404 g/mol. The molecule has 1 aliphatic carbocycles. The number of fused-ring (bicyclic) bond motifs is 1. The number of hydrogen-bond acceptors (Lipinski definition) is 7. The summed E-state index contributed by atoms with van der Waals surface area (Å²) in [5.41, 5.74) is -0.696. The molecule has 0 bridgehead atoms. The van der Waals surface area contributed by atoms with Crippen LogP contribution in [0.1, 0.15) is 29.5 Å². The third kappa shape index (κ3) is 4.47. The minimum atomic E-state index is -1.27. The number of allylic oxidation sites excluding steroid dienone is 2. The lowest BCUT2D eigenvalue weighted by molar-refractivity contribution is -0.135. The molecule has 2 heterocycles. The first-order valence-corrected chi connectivity index (χ1v) is 9.46. The molecule has 0 aromatic carbocycles. The van der Waals surface area contributed by atoms with Crippen LogP contribution in [0.4, 0.5) is 0 Å². The number of aromatic hydroxyl groups is 1. The molecule has 1 amide bonds. The number of nitrogens with one attached hydrogen (secondary N) is 1. The predicted molar refractivity (Wildman–Crippen MR) is 112 cm³/mol. The van der Waals surface area contributed by atoms with Crippen molar-refractivity contribution in [1.29, 1.82) is 0 Å². The van der Waals surface area contributed by atoms with Crippen LogP contribution in [0.15, 0.2) is 23.1 Å². The molecule has 162 valence electrons. The number of hydrogen-bond donors (Lipinski definition) is 3. The van der Waals surface area contributed by atoms with Crippen molar-refractivity contribution in [3.63, 3.8) is 0 Å². The van der Waals surface area contributed by atoms with Crippen LogP contribution in [0, 0.1) is 5.92 Å². The summed E-state index contributed by atoms with van der Waals surface area (Å²) >= 11 is 0. The van der Waals surface area contributed by atoms with Crippen molar-refractivity contribution in [2.45, 2.75) is 13.3 Å². The van der Waals surface area contributed by atoms with Crippen LogP contribution in [0.2, 0.25) is 0 Å². The first kappa shape index (κ1) is 21.8. The molecule has 31 heavy (non-hydrogen) atoms. The van der Waals surface area contributed by atoms with Gasteiger partial charge in [0.15, 0.2) is 5.82 Å². The van der Waals surface area contributed by atoms with E-state index in [9.17, 15) is 19.5 Å². The average Bonchev–Trinajstić information content (AvgIpc) is 2.73. The SMILES string of the molecule is COc1ccnc(C2=CC(C)C/C=c3/c(c(O)c(C(=O)NCC(=O)O)c(=O)n3C)=C2)n1. The highest BCUT2D eigenvalue weighted by molar-refractivity contribution is 5.98. The van der Waals surface area contributed by atoms with E-state index in [4.69, 9.17) is 9.84 Å². The maximum absolute atomic E-state index is 12.8. The standard InChI is InChI=1S/C21H22N4O6/c1-11-4-5-14-13(9-12(8-11)19-22-7-6-15(24-19)31-3)18(28)17(21(30)25(14)2)20(29)23-10-16(26)27/h5-9,11,28H,4,10H2,1-3H3,(H,23,29)(H,26,27)/b12-8?,13-9?,14-5-. The number of aromatic nitrogens is 3. The van der Waals surface area contributed by atoms with Crippen LogP contribution in [-0.2, 0) is 11.8 Å². The van der Waals surface area contributed by atoms with Crippen molar-refractivity contribution in [3.8, 4) is 11.6 Å². The number of carboxylic acid groups (broad SMARTS) is 1. The second kappa shape index (κ2) is 8.82. The van der Waals surface area contributed by atoms with Crippen molar-refractivity contribution < 1.29 is 24.5 Å². The number of carbonyl (C=O) groups is 2. The van der Waals surface area contributed by atoms with Gasteiger partial charge in [-0.1, -0.05) is 19.1 Å². The molecule has 2 aromatic rings. The van der Waals surface area contributed by atoms with E-state index < -0.39 is 35.3 Å². The van der Waals surface area contributed by atoms with Crippen LogP contribution < -0.4 is 26.2 Å². The minimum Gasteiger partial charge on any atom is -0.506 e. The Hall–Kier alpha value is -3.95. The van der Waals surface area contributed by atoms with Crippen LogP contribution in [0.5, 0.6) is 11.6 Å². The van der Waals surface area contributed by atoms with E-state index in [1.165, 1.54) is 24.9 Å². The lowest BCUT2D eigenvalue weighted by Crippen LogP contribution is -2.46. The van der Waals surface area contributed by atoms with Gasteiger partial charge in [-0.25, -0.2) is 4.98 Å². The molecule has 0 aliphatic heterocycles. The number of carbonyl (C=O) groups excluding carboxylic acids is 1. The fourth-order valence-electron chi connectivity index (χ4n) is 3.26. The molecule has 0 saturated heterocycles. The Balaban J connectivity index is 2.28. The summed E-state index contributed by atoms with van der Waals surface area (Å²) in [6.07, 6.45) is 7.42. The molecule has 0 radical (unpaired) electrons. The Bertz CT molecular complexity index is 1260. The van der Waals surface area contributed by atoms with E-state index in [-0.39, 0.29) is 11.1 Å². The van der Waals surface area contributed by atoms with E-state index in [1.54, 1.807) is 18.2 Å². The van der Waals surface area contributed by atoms with E-state index in [1.807, 2.05) is 13.0 Å². The molecule has 1 atom stereocenters. The van der Waals surface area contributed by atoms with Crippen LogP contribution in [-0.4, -0.2) is 50.3 Å². The molecule has 10 heteroatoms. The number of nitrogens with zero attached hydrogens (tertiary/aromatic N) is 3. The number of rotatable bonds is 5. The second-order valence-corrected chi connectivity index (χ2v) is 7.07. The van der Waals surface area contributed by atoms with Crippen molar-refractivity contribution >= 4 is 29.6 Å². The first-order valence-electron chi connectivity index (χ1n) is 9.46. The monoisotopic (exact) mass is 426 g/mol. The van der Waals surface area contributed by atoms with Crippen molar-refractivity contribution in [2.24, 2.45) is 13.0 Å². The molecule has 1 aliphatic rings. The Morgan fingerprint density at radius 3 is 2.81 bits per heavy atom. The van der Waals surface area contributed by atoms with Gasteiger partial charge in [0.05, 0.1) is 12.5 Å². The van der Waals surface area contributed by atoms with E-state index in [2.05, 4.69) is 15.3 Å². The third-order valence-electron chi connectivity index (χ3n) is 4.82. The highest BCUT2D eigenvalue weighted by Crippen LogP contribution is 2.20. The van der Waals surface area contributed by atoms with Gasteiger partial charge in [-0.3, -0.25) is 14.4 Å². The topological polar surface area (TPSA) is 144 Å². The largest absolute Gasteiger partial charge is 0.506 e. The van der Waals surface area contributed by atoms with Gasteiger partial charge < -0.3 is 24.8 Å². The van der Waals surface area contributed by atoms with Gasteiger partial charge in [0.2, 0.25) is 5.88 Å². The Morgan fingerprint density at radius 1 is 1.39 bits per heavy atom. The second-order valence-electron chi connectivity index (χ2n) is 7.07. The van der Waals surface area contributed by atoms with Crippen LogP contribution in [0.25, 0.3) is 17.7 Å². The lowest BCUT2D eigenvalue weighted by atomic mass is 9.99. The average molecular weight is 426 g/mol. The molecular formula is C21H22N4O6. The van der Waals surface area contributed by atoms with Gasteiger partial charge in [-0.05, 0) is 18.4 Å².